The number of anilines is 1. The van der Waals surface area contributed by atoms with Gasteiger partial charge in [0, 0.05) is 35.3 Å². The number of rotatable bonds is 5. The van der Waals surface area contributed by atoms with Gasteiger partial charge in [-0.15, -0.1) is 0 Å². The van der Waals surface area contributed by atoms with Crippen LogP contribution in [0.5, 0.6) is 11.5 Å². The number of carboxylic acids is 1. The van der Waals surface area contributed by atoms with E-state index in [1.165, 1.54) is 5.56 Å². The van der Waals surface area contributed by atoms with Crippen LogP contribution in [0.4, 0.5) is 23.7 Å². The first-order chi connectivity index (χ1) is 18.3. The largest absolute Gasteiger partial charge is 0.493 e. The third-order valence-electron chi connectivity index (χ3n) is 7.57. The Balaban J connectivity index is 0.000000532. The molecule has 4 rings (SSSR count). The van der Waals surface area contributed by atoms with Crippen molar-refractivity contribution in [2.75, 3.05) is 39.8 Å². The van der Waals surface area contributed by atoms with E-state index in [1.54, 1.807) is 38.3 Å². The minimum absolute atomic E-state index is 0.0671. The summed E-state index contributed by atoms with van der Waals surface area (Å²) in [6.45, 7) is 1.05. The van der Waals surface area contributed by atoms with Crippen molar-refractivity contribution in [3.63, 3.8) is 0 Å². The van der Waals surface area contributed by atoms with Crippen molar-refractivity contribution in [3.05, 3.63) is 53.1 Å². The number of benzene rings is 2. The summed E-state index contributed by atoms with van der Waals surface area (Å²) < 4.78 is 42.8. The molecule has 8 nitrogen and oxygen atoms in total. The number of carbonyl (C=O) groups is 2. The molecule has 2 aliphatic rings. The van der Waals surface area contributed by atoms with Gasteiger partial charge in [-0.3, -0.25) is 4.90 Å². The number of nitrogens with one attached hydrogen (secondary N) is 1. The quantitative estimate of drug-likeness (QED) is 0.504. The highest BCUT2D eigenvalue weighted by molar-refractivity contribution is 6.30. The maximum atomic E-state index is 12.9. The molecule has 12 heteroatoms. The van der Waals surface area contributed by atoms with Gasteiger partial charge in [0.05, 0.1) is 14.2 Å². The van der Waals surface area contributed by atoms with Gasteiger partial charge >= 0.3 is 18.2 Å². The molecule has 3 atom stereocenters. The Morgan fingerprint density at radius 1 is 1.10 bits per heavy atom. The van der Waals surface area contributed by atoms with E-state index in [2.05, 4.69) is 29.4 Å². The molecule has 0 radical (unpaired) electrons. The number of carbonyl (C=O) groups excluding carboxylic acids is 1. The van der Waals surface area contributed by atoms with Crippen molar-refractivity contribution >= 4 is 29.3 Å². The first-order valence-electron chi connectivity index (χ1n) is 12.3. The van der Waals surface area contributed by atoms with Crippen LogP contribution < -0.4 is 19.7 Å². The molecule has 2 fully saturated rings. The van der Waals surface area contributed by atoms with Crippen molar-refractivity contribution in [2.45, 2.75) is 49.4 Å². The maximum Gasteiger partial charge on any atom is 0.490 e. The molecule has 2 aromatic carbocycles. The van der Waals surface area contributed by atoms with Crippen LogP contribution in [0.2, 0.25) is 5.02 Å². The molecule has 1 heterocycles. The van der Waals surface area contributed by atoms with E-state index in [9.17, 15) is 18.0 Å². The lowest BCUT2D eigenvalue weighted by atomic mass is 9.65. The second-order valence-corrected chi connectivity index (χ2v) is 10.2. The molecule has 1 aliphatic carbocycles. The Bertz CT molecular complexity index is 1160. The zero-order chi connectivity index (χ0) is 29.0. The van der Waals surface area contributed by atoms with Crippen LogP contribution in [0.1, 0.15) is 31.2 Å². The monoisotopic (exact) mass is 571 g/mol. The third-order valence-corrected chi connectivity index (χ3v) is 7.83. The zero-order valence-electron chi connectivity index (χ0n) is 22.2. The molecule has 214 valence electrons. The average Bonchev–Trinajstić information content (AvgIpc) is 3.24. The van der Waals surface area contributed by atoms with Crippen LogP contribution in [0.25, 0.3) is 0 Å². The number of hydrogen-bond acceptors (Lipinski definition) is 5. The molecule has 1 aliphatic heterocycles. The molecule has 39 heavy (non-hydrogen) atoms. The number of alkyl halides is 3. The van der Waals surface area contributed by atoms with Gasteiger partial charge in [-0.05, 0) is 81.2 Å². The van der Waals surface area contributed by atoms with E-state index < -0.39 is 12.1 Å². The fourth-order valence-corrected chi connectivity index (χ4v) is 5.57. The van der Waals surface area contributed by atoms with Gasteiger partial charge in [0.15, 0.2) is 11.5 Å². The number of likely N-dealkylation sites (tertiary alicyclic amines) is 1. The normalized spacial score (nSPS) is 22.7. The van der Waals surface area contributed by atoms with Gasteiger partial charge in [0.2, 0.25) is 0 Å². The van der Waals surface area contributed by atoms with Gasteiger partial charge in [-0.2, -0.15) is 13.2 Å². The number of aliphatic carboxylic acids is 1. The van der Waals surface area contributed by atoms with Gasteiger partial charge < -0.3 is 24.8 Å². The van der Waals surface area contributed by atoms with Crippen molar-refractivity contribution in [1.82, 2.24) is 10.2 Å². The standard InChI is InChI=1S/C25H32ClN3O3.C2HF3O2/c1-28-14-13-25(17-5-10-21(31-3)22(15-17)32-4)12-11-19(16-23(25)28)27-24(30)29(2)20-8-6-18(26)7-9-20;3-2(4,5)1(6)7/h5-10,15,19,23H,11-14,16H2,1-4H3,(H,27,30);(H,6,7)/t19-,23-,25-;/m0./s1. The molecule has 2 aromatic rings. The molecule has 0 unspecified atom stereocenters. The number of amides is 2. The number of urea groups is 1. The van der Waals surface area contributed by atoms with Crippen molar-refractivity contribution in [2.24, 2.45) is 0 Å². The molecule has 1 saturated heterocycles. The highest BCUT2D eigenvalue weighted by atomic mass is 35.5. The van der Waals surface area contributed by atoms with Crippen LogP contribution in [-0.2, 0) is 10.2 Å². The lowest BCUT2D eigenvalue weighted by Crippen LogP contribution is -2.53. The molecular formula is C27H33ClF3N3O5. The summed E-state index contributed by atoms with van der Waals surface area (Å²) in [7, 11) is 7.33. The van der Waals surface area contributed by atoms with Crippen LogP contribution in [0.3, 0.4) is 0 Å². The van der Waals surface area contributed by atoms with Crippen molar-refractivity contribution in [1.29, 1.82) is 0 Å². The lowest BCUT2D eigenvalue weighted by molar-refractivity contribution is -0.192. The van der Waals surface area contributed by atoms with E-state index >= 15 is 0 Å². The first kappa shape index (κ1) is 30.4. The van der Waals surface area contributed by atoms with Gasteiger partial charge in [-0.25, -0.2) is 9.59 Å². The predicted molar refractivity (Wildman–Crippen MR) is 142 cm³/mol. The molecule has 1 saturated carbocycles. The van der Waals surface area contributed by atoms with Gasteiger partial charge in [-0.1, -0.05) is 17.7 Å². The number of methoxy groups -OCH3 is 2. The van der Waals surface area contributed by atoms with Crippen molar-refractivity contribution in [3.8, 4) is 11.5 Å². The zero-order valence-corrected chi connectivity index (χ0v) is 23.0. The highest BCUT2D eigenvalue weighted by Gasteiger charge is 2.50. The average molecular weight is 572 g/mol. The van der Waals surface area contributed by atoms with E-state index in [1.807, 2.05) is 18.2 Å². The number of fused-ring (bicyclic) bond motifs is 1. The lowest BCUT2D eigenvalue weighted by Gasteiger charge is -2.45. The third kappa shape index (κ3) is 6.88. The minimum atomic E-state index is -5.08. The predicted octanol–water partition coefficient (Wildman–Crippen LogP) is 5.33. The van der Waals surface area contributed by atoms with Gasteiger partial charge in [0.25, 0.3) is 0 Å². The highest BCUT2D eigenvalue weighted by Crippen LogP contribution is 2.49. The van der Waals surface area contributed by atoms with E-state index in [0.29, 0.717) is 11.1 Å². The molecule has 0 bridgehead atoms. The topological polar surface area (TPSA) is 91.3 Å². The number of hydrogen-bond donors (Lipinski definition) is 2. The first-order valence-corrected chi connectivity index (χ1v) is 12.7. The number of likely N-dealkylation sites (N-methyl/N-ethyl adjacent to an activating group) is 1. The summed E-state index contributed by atoms with van der Waals surface area (Å²) in [5, 5.41) is 11.0. The molecular weight excluding hydrogens is 539 g/mol. The minimum Gasteiger partial charge on any atom is -0.493 e. The number of nitrogens with zero attached hydrogens (tertiary/aromatic N) is 2. The van der Waals surface area contributed by atoms with Crippen LogP contribution in [0, 0.1) is 0 Å². The summed E-state index contributed by atoms with van der Waals surface area (Å²) in [6, 6.07) is 14.0. The van der Waals surface area contributed by atoms with Crippen LogP contribution in [0.15, 0.2) is 42.5 Å². The van der Waals surface area contributed by atoms with Crippen LogP contribution in [-0.4, -0.2) is 75.1 Å². The number of ether oxygens (including phenoxy) is 2. The Kier molecular flexibility index (Phi) is 9.60. The second kappa shape index (κ2) is 12.3. The SMILES string of the molecule is COc1ccc([C@@]23CC[C@H](NC(=O)N(C)c4ccc(Cl)cc4)C[C@@H]2N(C)CC3)cc1OC.O=C(O)C(F)(F)F. The number of halogens is 4. The Morgan fingerprint density at radius 2 is 1.72 bits per heavy atom. The Labute approximate surface area is 230 Å². The Hall–Kier alpha value is -3.18. The summed E-state index contributed by atoms with van der Waals surface area (Å²) in [5.74, 6) is -1.23. The van der Waals surface area contributed by atoms with E-state index in [4.69, 9.17) is 31.0 Å². The molecule has 2 amide bonds. The summed E-state index contributed by atoms with van der Waals surface area (Å²) in [6.07, 6.45) is -1.09. The van der Waals surface area contributed by atoms with Crippen molar-refractivity contribution < 1.29 is 37.3 Å². The fourth-order valence-electron chi connectivity index (χ4n) is 5.45. The second-order valence-electron chi connectivity index (χ2n) is 9.73. The van der Waals surface area contributed by atoms with E-state index in [-0.39, 0.29) is 17.5 Å². The van der Waals surface area contributed by atoms with E-state index in [0.717, 1.165) is 49.4 Å². The summed E-state index contributed by atoms with van der Waals surface area (Å²) in [4.78, 5) is 25.9. The van der Waals surface area contributed by atoms with Gasteiger partial charge in [0.1, 0.15) is 0 Å². The van der Waals surface area contributed by atoms with Crippen LogP contribution >= 0.6 is 11.6 Å². The molecule has 0 spiro atoms. The molecule has 0 aromatic heterocycles. The molecule has 2 N–H and O–H groups in total. The summed E-state index contributed by atoms with van der Waals surface area (Å²) in [5.41, 5.74) is 2.19. The smallest absolute Gasteiger partial charge is 0.490 e. The Morgan fingerprint density at radius 3 is 2.28 bits per heavy atom. The maximum absolute atomic E-state index is 12.9. The number of carboxylic acid groups (broad SMARTS) is 1. The summed E-state index contributed by atoms with van der Waals surface area (Å²) >= 11 is 5.98. The fraction of sp³-hybridized carbons (Fsp3) is 0.481.